The van der Waals surface area contributed by atoms with Crippen LogP contribution in [0.2, 0.25) is 0 Å². The molecule has 2 heterocycles. The number of oxime groups is 1. The number of tetrazole rings is 1. The molecule has 9 heteroatoms. The van der Waals surface area contributed by atoms with Gasteiger partial charge in [-0.05, 0) is 38.5 Å². The van der Waals surface area contributed by atoms with Crippen molar-refractivity contribution in [1.82, 2.24) is 25.2 Å². The average Bonchev–Trinajstić information content (AvgIpc) is 3.05. The smallest absolute Gasteiger partial charge is 0.204 e. The van der Waals surface area contributed by atoms with Crippen molar-refractivity contribution in [3.8, 4) is 5.75 Å². The molecule has 3 rings (SSSR count). The molecule has 0 spiro atoms. The summed E-state index contributed by atoms with van der Waals surface area (Å²) in [5.41, 5.74) is 2.10. The van der Waals surface area contributed by atoms with Crippen LogP contribution in [-0.2, 0) is 18.5 Å². The molecular weight excluding hydrogens is 388 g/mol. The summed E-state index contributed by atoms with van der Waals surface area (Å²) in [4.78, 5) is 9.84. The van der Waals surface area contributed by atoms with Gasteiger partial charge in [-0.15, -0.1) is 5.10 Å². The summed E-state index contributed by atoms with van der Waals surface area (Å²) in [5, 5.41) is 15.7. The maximum atomic E-state index is 5.50. The number of rotatable bonds is 6. The first kappa shape index (κ1) is 17.0. The molecule has 8 nitrogen and oxygen atoms in total. The van der Waals surface area contributed by atoms with Crippen LogP contribution in [0.3, 0.4) is 0 Å². The van der Waals surface area contributed by atoms with Crippen LogP contribution in [0, 0.1) is 0 Å². The maximum absolute atomic E-state index is 5.50. The fourth-order valence-corrected chi connectivity index (χ4v) is 2.63. The highest BCUT2D eigenvalue weighted by molar-refractivity contribution is 9.10. The lowest BCUT2D eigenvalue weighted by atomic mass is 10.1. The van der Waals surface area contributed by atoms with Crippen molar-refractivity contribution >= 4 is 21.6 Å². The van der Waals surface area contributed by atoms with Gasteiger partial charge < -0.3 is 9.57 Å². The molecule has 0 aliphatic heterocycles. The summed E-state index contributed by atoms with van der Waals surface area (Å²) in [5.74, 6) is 1.16. The van der Waals surface area contributed by atoms with Crippen molar-refractivity contribution in [3.05, 3.63) is 64.1 Å². The predicted octanol–water partition coefficient (Wildman–Crippen LogP) is 2.35. The lowest BCUT2D eigenvalue weighted by Gasteiger charge is -2.07. The van der Waals surface area contributed by atoms with E-state index in [4.69, 9.17) is 9.57 Å². The molecule has 0 radical (unpaired) electrons. The van der Waals surface area contributed by atoms with Crippen molar-refractivity contribution in [3.63, 3.8) is 0 Å². The van der Waals surface area contributed by atoms with Crippen molar-refractivity contribution in [1.29, 1.82) is 0 Å². The number of methoxy groups -OCH3 is 1. The Hall–Kier alpha value is -2.81. The molecule has 128 valence electrons. The first-order chi connectivity index (χ1) is 12.2. The summed E-state index contributed by atoms with van der Waals surface area (Å²) in [6.07, 6.45) is 0. The zero-order valence-corrected chi connectivity index (χ0v) is 15.2. The summed E-state index contributed by atoms with van der Waals surface area (Å²) in [7, 11) is 3.33. The second kappa shape index (κ2) is 7.84. The van der Waals surface area contributed by atoms with Gasteiger partial charge in [-0.2, -0.15) is 0 Å². The topological polar surface area (TPSA) is 87.3 Å². The third kappa shape index (κ3) is 4.00. The van der Waals surface area contributed by atoms with Crippen LogP contribution in [0.1, 0.15) is 17.1 Å². The van der Waals surface area contributed by atoms with Gasteiger partial charge in [0.25, 0.3) is 0 Å². The van der Waals surface area contributed by atoms with E-state index in [1.54, 1.807) is 14.2 Å². The largest absolute Gasteiger partial charge is 0.494 e. The lowest BCUT2D eigenvalue weighted by molar-refractivity contribution is 0.127. The van der Waals surface area contributed by atoms with Crippen molar-refractivity contribution < 1.29 is 9.57 Å². The SMILES string of the molecule is COc1ccc(CO/N=C(\c2ccccc2)c2nnnn2C)nc1Br. The molecule has 0 aliphatic rings. The molecule has 0 atom stereocenters. The number of nitrogens with zero attached hydrogens (tertiary/aromatic N) is 6. The van der Waals surface area contributed by atoms with Crippen molar-refractivity contribution in [2.45, 2.75) is 6.61 Å². The Kier molecular flexibility index (Phi) is 5.34. The van der Waals surface area contributed by atoms with Crippen molar-refractivity contribution in [2.24, 2.45) is 12.2 Å². The molecule has 1 aromatic carbocycles. The molecule has 2 aromatic heterocycles. The van der Waals surface area contributed by atoms with E-state index in [1.807, 2.05) is 42.5 Å². The van der Waals surface area contributed by atoms with E-state index in [1.165, 1.54) is 4.68 Å². The van der Waals surface area contributed by atoms with Gasteiger partial charge in [-0.25, -0.2) is 9.67 Å². The van der Waals surface area contributed by atoms with Crippen LogP contribution >= 0.6 is 15.9 Å². The van der Waals surface area contributed by atoms with Crippen LogP contribution in [0.15, 0.2) is 52.2 Å². The number of ether oxygens (including phenoxy) is 1. The molecule has 0 unspecified atom stereocenters. The zero-order valence-electron chi connectivity index (χ0n) is 13.6. The monoisotopic (exact) mass is 402 g/mol. The van der Waals surface area contributed by atoms with E-state index >= 15 is 0 Å². The minimum atomic E-state index is 0.199. The first-order valence-electron chi connectivity index (χ1n) is 7.36. The number of hydrogen-bond donors (Lipinski definition) is 0. The van der Waals surface area contributed by atoms with E-state index in [0.717, 1.165) is 5.56 Å². The van der Waals surface area contributed by atoms with E-state index in [9.17, 15) is 0 Å². The van der Waals surface area contributed by atoms with Crippen LogP contribution in [0.5, 0.6) is 5.75 Å². The van der Waals surface area contributed by atoms with Gasteiger partial charge in [0.15, 0.2) is 18.1 Å². The standard InChI is InChI=1S/C16H15BrN6O2/c1-23-16(19-21-22-23)14(11-6-4-3-5-7-11)20-25-10-12-8-9-13(24-2)15(17)18-12/h3-9H,10H2,1-2H3/b20-14+. The molecule has 0 saturated carbocycles. The average molecular weight is 403 g/mol. The number of aromatic nitrogens is 5. The highest BCUT2D eigenvalue weighted by atomic mass is 79.9. The molecule has 0 saturated heterocycles. The van der Waals surface area contributed by atoms with Gasteiger partial charge in [0.05, 0.1) is 12.8 Å². The molecule has 0 aliphatic carbocycles. The minimum Gasteiger partial charge on any atom is -0.494 e. The van der Waals surface area contributed by atoms with E-state index < -0.39 is 0 Å². The molecule has 0 fully saturated rings. The maximum Gasteiger partial charge on any atom is 0.204 e. The van der Waals surface area contributed by atoms with E-state index in [-0.39, 0.29) is 6.61 Å². The molecular formula is C16H15BrN6O2. The first-order valence-corrected chi connectivity index (χ1v) is 8.16. The normalized spacial score (nSPS) is 11.4. The van der Waals surface area contributed by atoms with Crippen molar-refractivity contribution in [2.75, 3.05) is 7.11 Å². The van der Waals surface area contributed by atoms with E-state index in [0.29, 0.717) is 27.6 Å². The highest BCUT2D eigenvalue weighted by Gasteiger charge is 2.14. The quantitative estimate of drug-likeness (QED) is 0.357. The molecule has 0 N–H and O–H groups in total. The lowest BCUT2D eigenvalue weighted by Crippen LogP contribution is -2.12. The van der Waals surface area contributed by atoms with Gasteiger partial charge in [0.1, 0.15) is 4.60 Å². The molecule has 0 amide bonds. The Balaban J connectivity index is 1.82. The summed E-state index contributed by atoms with van der Waals surface area (Å²) in [6.45, 7) is 0.199. The summed E-state index contributed by atoms with van der Waals surface area (Å²) in [6, 6.07) is 13.2. The fraction of sp³-hybridized carbons (Fsp3) is 0.188. The van der Waals surface area contributed by atoms with Gasteiger partial charge in [-0.3, -0.25) is 0 Å². The van der Waals surface area contributed by atoms with Crippen LogP contribution in [0.4, 0.5) is 0 Å². The molecule has 0 bridgehead atoms. The van der Waals surface area contributed by atoms with Gasteiger partial charge >= 0.3 is 0 Å². The molecule has 25 heavy (non-hydrogen) atoms. The van der Waals surface area contributed by atoms with Gasteiger partial charge in [0.2, 0.25) is 5.82 Å². The molecule has 3 aromatic rings. The Labute approximate surface area is 152 Å². The van der Waals surface area contributed by atoms with Crippen LogP contribution < -0.4 is 4.74 Å². The number of halogens is 1. The Morgan fingerprint density at radius 3 is 2.64 bits per heavy atom. The number of pyridine rings is 1. The Morgan fingerprint density at radius 2 is 2.00 bits per heavy atom. The van der Waals surface area contributed by atoms with E-state index in [2.05, 4.69) is 41.6 Å². The van der Waals surface area contributed by atoms with Gasteiger partial charge in [0, 0.05) is 12.6 Å². The minimum absolute atomic E-state index is 0.199. The van der Waals surface area contributed by atoms with Gasteiger partial charge in [-0.1, -0.05) is 35.5 Å². The predicted molar refractivity (Wildman–Crippen MR) is 94.2 cm³/mol. The third-order valence-electron chi connectivity index (χ3n) is 3.34. The number of hydrogen-bond acceptors (Lipinski definition) is 7. The van der Waals surface area contributed by atoms with Crippen LogP contribution in [-0.4, -0.2) is 38.0 Å². The number of aryl methyl sites for hydroxylation is 1. The highest BCUT2D eigenvalue weighted by Crippen LogP contribution is 2.22. The summed E-state index contributed by atoms with van der Waals surface area (Å²) >= 11 is 3.35. The zero-order chi connectivity index (χ0) is 17.6. The second-order valence-corrected chi connectivity index (χ2v) is 5.75. The Bertz CT molecular complexity index is 881. The fourth-order valence-electron chi connectivity index (χ4n) is 2.10. The Morgan fingerprint density at radius 1 is 1.20 bits per heavy atom. The number of benzene rings is 1. The second-order valence-electron chi connectivity index (χ2n) is 5.00. The van der Waals surface area contributed by atoms with Crippen LogP contribution in [0.25, 0.3) is 0 Å². The third-order valence-corrected chi connectivity index (χ3v) is 3.91. The summed E-state index contributed by atoms with van der Waals surface area (Å²) < 4.78 is 7.31.